The van der Waals surface area contributed by atoms with Crippen LogP contribution in [0.3, 0.4) is 0 Å². The number of anilines is 1. The lowest BCUT2D eigenvalue weighted by atomic mass is 9.80. The summed E-state index contributed by atoms with van der Waals surface area (Å²) in [5, 5.41) is 0. The lowest BCUT2D eigenvalue weighted by molar-refractivity contribution is 0.122. The number of imidazole rings is 1. The predicted molar refractivity (Wildman–Crippen MR) is 84.5 cm³/mol. The molecule has 0 aliphatic carbocycles. The molecular formula is C14H20BrN5. The number of nitrogens with two attached hydrogens (primary N) is 1. The SMILES string of the molecule is CN1CCC(C)(Cn2c(N)nc3cc(Br)cnc32)CC1. The first-order chi connectivity index (χ1) is 9.47. The molecule has 0 spiro atoms. The van der Waals surface area contributed by atoms with Gasteiger partial charge in [-0.25, -0.2) is 9.97 Å². The van der Waals surface area contributed by atoms with Gasteiger partial charge in [0.15, 0.2) is 5.65 Å². The lowest BCUT2D eigenvalue weighted by Crippen LogP contribution is -2.38. The van der Waals surface area contributed by atoms with Crippen molar-refractivity contribution in [2.45, 2.75) is 26.3 Å². The largest absolute Gasteiger partial charge is 0.369 e. The molecule has 108 valence electrons. The first kappa shape index (κ1) is 13.8. The van der Waals surface area contributed by atoms with Crippen LogP contribution in [0.1, 0.15) is 19.8 Å². The molecule has 0 amide bonds. The summed E-state index contributed by atoms with van der Waals surface area (Å²) in [5.74, 6) is 0.561. The number of nitrogen functional groups attached to an aromatic ring is 1. The molecule has 2 N–H and O–H groups in total. The van der Waals surface area contributed by atoms with Crippen LogP contribution in [0, 0.1) is 5.41 Å². The Morgan fingerprint density at radius 3 is 2.80 bits per heavy atom. The Balaban J connectivity index is 1.92. The zero-order valence-electron chi connectivity index (χ0n) is 11.9. The molecule has 1 saturated heterocycles. The van der Waals surface area contributed by atoms with Crippen LogP contribution >= 0.6 is 15.9 Å². The summed E-state index contributed by atoms with van der Waals surface area (Å²) in [7, 11) is 2.18. The van der Waals surface area contributed by atoms with Crippen molar-refractivity contribution >= 4 is 33.0 Å². The molecule has 0 aromatic carbocycles. The van der Waals surface area contributed by atoms with Crippen molar-refractivity contribution < 1.29 is 0 Å². The lowest BCUT2D eigenvalue weighted by Gasteiger charge is -2.38. The van der Waals surface area contributed by atoms with Gasteiger partial charge < -0.3 is 10.6 Å². The summed E-state index contributed by atoms with van der Waals surface area (Å²) < 4.78 is 2.99. The van der Waals surface area contributed by atoms with Gasteiger partial charge in [-0.05, 0) is 60.4 Å². The van der Waals surface area contributed by atoms with E-state index < -0.39 is 0 Å². The Morgan fingerprint density at radius 1 is 1.40 bits per heavy atom. The number of likely N-dealkylation sites (tertiary alicyclic amines) is 1. The highest BCUT2D eigenvalue weighted by Crippen LogP contribution is 2.34. The van der Waals surface area contributed by atoms with Crippen LogP contribution in [0.5, 0.6) is 0 Å². The summed E-state index contributed by atoms with van der Waals surface area (Å²) in [5.41, 5.74) is 8.10. The van der Waals surface area contributed by atoms with Gasteiger partial charge in [0.05, 0.1) is 0 Å². The molecular weight excluding hydrogens is 318 g/mol. The third kappa shape index (κ3) is 2.54. The predicted octanol–water partition coefficient (Wildman–Crippen LogP) is 2.51. The molecule has 5 nitrogen and oxygen atoms in total. The first-order valence-corrected chi connectivity index (χ1v) is 7.72. The number of piperidine rings is 1. The van der Waals surface area contributed by atoms with Gasteiger partial charge in [0.2, 0.25) is 5.95 Å². The molecule has 2 aromatic rings. The smallest absolute Gasteiger partial charge is 0.202 e. The molecule has 1 aliphatic heterocycles. The average molecular weight is 338 g/mol. The topological polar surface area (TPSA) is 60.0 Å². The number of rotatable bonds is 2. The van der Waals surface area contributed by atoms with Gasteiger partial charge in [0.25, 0.3) is 0 Å². The Morgan fingerprint density at radius 2 is 2.10 bits per heavy atom. The van der Waals surface area contributed by atoms with E-state index in [4.69, 9.17) is 5.73 Å². The number of nitrogens with zero attached hydrogens (tertiary/aromatic N) is 4. The van der Waals surface area contributed by atoms with Crippen LogP contribution in [-0.2, 0) is 6.54 Å². The van der Waals surface area contributed by atoms with Gasteiger partial charge in [-0.1, -0.05) is 6.92 Å². The summed E-state index contributed by atoms with van der Waals surface area (Å²) in [6.07, 6.45) is 4.16. The fraction of sp³-hybridized carbons (Fsp3) is 0.571. The van der Waals surface area contributed by atoms with Crippen molar-refractivity contribution in [1.29, 1.82) is 0 Å². The monoisotopic (exact) mass is 337 g/mol. The zero-order valence-corrected chi connectivity index (χ0v) is 13.5. The number of aromatic nitrogens is 3. The van der Waals surface area contributed by atoms with Crippen molar-refractivity contribution in [2.24, 2.45) is 5.41 Å². The third-order valence-corrected chi connectivity index (χ3v) is 4.75. The highest BCUT2D eigenvalue weighted by molar-refractivity contribution is 9.10. The second kappa shape index (κ2) is 5.00. The maximum atomic E-state index is 6.09. The van der Waals surface area contributed by atoms with E-state index in [1.807, 2.05) is 6.07 Å². The van der Waals surface area contributed by atoms with E-state index in [9.17, 15) is 0 Å². The average Bonchev–Trinajstić information content (AvgIpc) is 2.69. The third-order valence-electron chi connectivity index (χ3n) is 4.32. The first-order valence-electron chi connectivity index (χ1n) is 6.93. The Labute approximate surface area is 127 Å². The minimum absolute atomic E-state index is 0.267. The van der Waals surface area contributed by atoms with E-state index in [0.29, 0.717) is 5.95 Å². The van der Waals surface area contributed by atoms with Crippen LogP contribution in [0.15, 0.2) is 16.7 Å². The van der Waals surface area contributed by atoms with Gasteiger partial charge in [-0.15, -0.1) is 0 Å². The van der Waals surface area contributed by atoms with Crippen LogP contribution in [0.2, 0.25) is 0 Å². The maximum Gasteiger partial charge on any atom is 0.202 e. The van der Waals surface area contributed by atoms with Crippen molar-refractivity contribution in [2.75, 3.05) is 25.9 Å². The Hall–Kier alpha value is -1.14. The van der Waals surface area contributed by atoms with Crippen molar-refractivity contribution in [3.63, 3.8) is 0 Å². The molecule has 3 rings (SSSR count). The number of halogens is 1. The number of fused-ring (bicyclic) bond motifs is 1. The molecule has 1 fully saturated rings. The zero-order chi connectivity index (χ0) is 14.3. The normalized spacial score (nSPS) is 19.6. The van der Waals surface area contributed by atoms with Crippen LogP contribution in [-0.4, -0.2) is 39.6 Å². The Bertz CT molecular complexity index is 628. The molecule has 0 radical (unpaired) electrons. The second-order valence-electron chi connectivity index (χ2n) is 6.17. The van der Waals surface area contributed by atoms with E-state index in [1.54, 1.807) is 6.20 Å². The molecule has 0 saturated carbocycles. The van der Waals surface area contributed by atoms with Gasteiger partial charge in [-0.2, -0.15) is 0 Å². The molecule has 0 bridgehead atoms. The molecule has 1 aliphatic rings. The van der Waals surface area contributed by atoms with Crippen LogP contribution < -0.4 is 5.73 Å². The number of hydrogen-bond donors (Lipinski definition) is 1. The second-order valence-corrected chi connectivity index (χ2v) is 7.08. The van der Waals surface area contributed by atoms with E-state index in [-0.39, 0.29) is 5.41 Å². The quantitative estimate of drug-likeness (QED) is 0.914. The number of hydrogen-bond acceptors (Lipinski definition) is 4. The fourth-order valence-electron chi connectivity index (χ4n) is 2.86. The van der Waals surface area contributed by atoms with E-state index in [0.717, 1.165) is 35.3 Å². The highest BCUT2D eigenvalue weighted by atomic mass is 79.9. The summed E-state index contributed by atoms with van der Waals surface area (Å²) in [4.78, 5) is 11.3. The van der Waals surface area contributed by atoms with Gasteiger partial charge in [0, 0.05) is 17.2 Å². The minimum Gasteiger partial charge on any atom is -0.369 e. The molecule has 0 atom stereocenters. The standard InChI is InChI=1S/C14H20BrN5/c1-14(3-5-19(2)6-4-14)9-20-12-11(18-13(20)16)7-10(15)8-17-12/h7-8H,3-6,9H2,1-2H3,(H2,16,18). The van der Waals surface area contributed by atoms with E-state index >= 15 is 0 Å². The Kier molecular flexibility index (Phi) is 3.46. The van der Waals surface area contributed by atoms with Crippen molar-refractivity contribution in [3.05, 3.63) is 16.7 Å². The van der Waals surface area contributed by atoms with Crippen molar-refractivity contribution in [3.8, 4) is 0 Å². The highest BCUT2D eigenvalue weighted by Gasteiger charge is 2.30. The van der Waals surface area contributed by atoms with E-state index in [1.165, 1.54) is 12.8 Å². The number of pyridine rings is 1. The molecule has 6 heteroatoms. The minimum atomic E-state index is 0.267. The van der Waals surface area contributed by atoms with Crippen LogP contribution in [0.25, 0.3) is 11.2 Å². The van der Waals surface area contributed by atoms with Crippen LogP contribution in [0.4, 0.5) is 5.95 Å². The summed E-state index contributed by atoms with van der Waals surface area (Å²) in [6.45, 7) is 5.51. The van der Waals surface area contributed by atoms with Gasteiger partial charge in [0.1, 0.15) is 5.52 Å². The van der Waals surface area contributed by atoms with Gasteiger partial charge >= 0.3 is 0 Å². The summed E-state index contributed by atoms with van der Waals surface area (Å²) >= 11 is 3.42. The maximum absolute atomic E-state index is 6.09. The van der Waals surface area contributed by atoms with Gasteiger partial charge in [-0.3, -0.25) is 4.57 Å². The van der Waals surface area contributed by atoms with E-state index in [2.05, 4.69) is 49.3 Å². The molecule has 0 unspecified atom stereocenters. The van der Waals surface area contributed by atoms with Crippen molar-refractivity contribution in [1.82, 2.24) is 19.4 Å². The molecule has 2 aromatic heterocycles. The fourth-order valence-corrected chi connectivity index (χ4v) is 3.18. The summed E-state index contributed by atoms with van der Waals surface area (Å²) in [6, 6.07) is 1.96. The molecule has 3 heterocycles. The molecule has 20 heavy (non-hydrogen) atoms.